The predicted molar refractivity (Wildman–Crippen MR) is 61.7 cm³/mol. The van der Waals surface area contributed by atoms with Gasteiger partial charge in [0.2, 0.25) is 3.23 Å². The number of alkyl halides is 2. The Hall–Kier alpha value is -0.680. The van der Waals surface area contributed by atoms with E-state index in [0.717, 1.165) is 5.56 Å². The van der Waals surface area contributed by atoms with E-state index in [1.807, 2.05) is 30.3 Å². The number of rotatable bonds is 1. The van der Waals surface area contributed by atoms with Gasteiger partial charge in [0.25, 0.3) is 5.91 Å². The van der Waals surface area contributed by atoms with Crippen molar-refractivity contribution in [3.8, 4) is 0 Å². The number of hydrazone groups is 1. The predicted octanol–water partition coefficient (Wildman–Crippen LogP) is 2.01. The maximum atomic E-state index is 11.4. The lowest BCUT2D eigenvalue weighted by Crippen LogP contribution is -2.33. The summed E-state index contributed by atoms with van der Waals surface area (Å²) in [6.45, 7) is 0. The second kappa shape index (κ2) is 3.47. The van der Waals surface area contributed by atoms with Crippen molar-refractivity contribution in [2.45, 2.75) is 3.23 Å². The number of nitrogens with zero attached hydrogens (tertiary/aromatic N) is 1. The average molecular weight is 318 g/mol. The van der Waals surface area contributed by atoms with E-state index in [-0.39, 0.29) is 5.91 Å². The first-order chi connectivity index (χ1) is 6.62. The molecule has 0 spiro atoms. The molecule has 0 aromatic heterocycles. The molecule has 14 heavy (non-hydrogen) atoms. The van der Waals surface area contributed by atoms with Gasteiger partial charge in [-0.05, 0) is 0 Å². The number of carbonyl (C=O) groups is 1. The molecule has 5 heteroatoms. The molecule has 72 valence electrons. The molecule has 0 radical (unpaired) electrons. The molecule has 0 unspecified atom stereocenters. The van der Waals surface area contributed by atoms with Gasteiger partial charge in [0.15, 0.2) is 0 Å². The zero-order valence-electron chi connectivity index (χ0n) is 7.00. The van der Waals surface area contributed by atoms with Crippen LogP contribution in [-0.4, -0.2) is 14.9 Å². The zero-order valence-corrected chi connectivity index (χ0v) is 10.2. The van der Waals surface area contributed by atoms with Gasteiger partial charge in [-0.15, -0.1) is 0 Å². The van der Waals surface area contributed by atoms with Crippen LogP contribution >= 0.6 is 31.9 Å². The van der Waals surface area contributed by atoms with Crippen LogP contribution in [0.5, 0.6) is 0 Å². The topological polar surface area (TPSA) is 41.5 Å². The highest BCUT2D eigenvalue weighted by Crippen LogP contribution is 2.34. The summed E-state index contributed by atoms with van der Waals surface area (Å²) < 4.78 is -0.901. The fourth-order valence-corrected chi connectivity index (χ4v) is 2.01. The van der Waals surface area contributed by atoms with Gasteiger partial charge in [-0.25, -0.2) is 5.43 Å². The van der Waals surface area contributed by atoms with Crippen LogP contribution in [0.25, 0.3) is 0 Å². The second-order valence-corrected chi connectivity index (χ2v) is 6.28. The Morgan fingerprint density at radius 3 is 2.36 bits per heavy atom. The Morgan fingerprint density at radius 1 is 1.21 bits per heavy atom. The molecule has 1 N–H and O–H groups in total. The summed E-state index contributed by atoms with van der Waals surface area (Å²) >= 11 is 6.57. The van der Waals surface area contributed by atoms with E-state index < -0.39 is 3.23 Å². The molecule has 0 saturated carbocycles. The molecule has 1 heterocycles. The number of halogens is 2. The first kappa shape index (κ1) is 9.86. The van der Waals surface area contributed by atoms with Gasteiger partial charge in [0.1, 0.15) is 5.71 Å². The molecular weight excluding hydrogens is 312 g/mol. The van der Waals surface area contributed by atoms with Gasteiger partial charge in [0.05, 0.1) is 0 Å². The van der Waals surface area contributed by atoms with Gasteiger partial charge in [0, 0.05) is 5.56 Å². The van der Waals surface area contributed by atoms with Crippen molar-refractivity contribution in [1.82, 2.24) is 5.43 Å². The van der Waals surface area contributed by atoms with Crippen molar-refractivity contribution in [3.05, 3.63) is 35.9 Å². The smallest absolute Gasteiger partial charge is 0.270 e. The molecule has 2 rings (SSSR count). The monoisotopic (exact) mass is 316 g/mol. The van der Waals surface area contributed by atoms with Crippen LogP contribution in [0.3, 0.4) is 0 Å². The van der Waals surface area contributed by atoms with Crippen molar-refractivity contribution in [3.63, 3.8) is 0 Å². The van der Waals surface area contributed by atoms with Crippen LogP contribution in [0.4, 0.5) is 0 Å². The highest BCUT2D eigenvalue weighted by molar-refractivity contribution is 9.26. The van der Waals surface area contributed by atoms with Crippen molar-refractivity contribution < 1.29 is 4.79 Å². The summed E-state index contributed by atoms with van der Waals surface area (Å²) in [4.78, 5) is 11.4. The summed E-state index contributed by atoms with van der Waals surface area (Å²) in [6.07, 6.45) is 0. The third-order valence-electron chi connectivity index (χ3n) is 1.90. The van der Waals surface area contributed by atoms with Crippen molar-refractivity contribution in [1.29, 1.82) is 0 Å². The van der Waals surface area contributed by atoms with Crippen LogP contribution in [0, 0.1) is 0 Å². The standard InChI is InChI=1S/C9H6Br2N2O/c10-9(11)7(12-13-8(9)14)6-4-2-1-3-5-6/h1-5H,(H,13,14). The minimum atomic E-state index is -0.901. The molecule has 1 aliphatic heterocycles. The summed E-state index contributed by atoms with van der Waals surface area (Å²) in [6, 6.07) is 9.51. The molecule has 0 saturated heterocycles. The Labute approximate surface area is 97.8 Å². The molecule has 0 fully saturated rings. The highest BCUT2D eigenvalue weighted by Gasteiger charge is 2.43. The zero-order chi connectivity index (χ0) is 10.2. The lowest BCUT2D eigenvalue weighted by atomic mass is 10.1. The molecule has 1 amide bonds. The second-order valence-electron chi connectivity index (χ2n) is 2.84. The lowest BCUT2D eigenvalue weighted by molar-refractivity contribution is -0.119. The average Bonchev–Trinajstić information content (AvgIpc) is 2.44. The van der Waals surface area contributed by atoms with Gasteiger partial charge in [-0.1, -0.05) is 62.2 Å². The molecule has 1 aliphatic rings. The number of hydrogen-bond acceptors (Lipinski definition) is 2. The third-order valence-corrected chi connectivity index (χ3v) is 3.37. The number of amides is 1. The molecule has 0 bridgehead atoms. The summed E-state index contributed by atoms with van der Waals surface area (Å²) in [5.41, 5.74) is 3.96. The number of carbonyl (C=O) groups excluding carboxylic acids is 1. The van der Waals surface area contributed by atoms with E-state index in [0.29, 0.717) is 5.71 Å². The highest BCUT2D eigenvalue weighted by atomic mass is 79.9. The largest absolute Gasteiger partial charge is 0.274 e. The minimum absolute atomic E-state index is 0.212. The van der Waals surface area contributed by atoms with Crippen LogP contribution in [0.1, 0.15) is 5.56 Å². The van der Waals surface area contributed by atoms with E-state index in [1.54, 1.807) is 0 Å². The fourth-order valence-electron chi connectivity index (χ4n) is 1.20. The molecular formula is C9H6Br2N2O. The molecule has 0 aliphatic carbocycles. The first-order valence-corrected chi connectivity index (χ1v) is 5.53. The Balaban J connectivity index is 2.43. The Morgan fingerprint density at radius 2 is 1.86 bits per heavy atom. The van der Waals surface area contributed by atoms with E-state index in [1.165, 1.54) is 0 Å². The number of hydrogen-bond donors (Lipinski definition) is 1. The molecule has 0 atom stereocenters. The summed E-state index contributed by atoms with van der Waals surface area (Å²) in [7, 11) is 0. The van der Waals surface area contributed by atoms with Crippen LogP contribution in [0.2, 0.25) is 0 Å². The maximum absolute atomic E-state index is 11.4. The van der Waals surface area contributed by atoms with Crippen LogP contribution in [0.15, 0.2) is 35.4 Å². The molecule has 1 aromatic carbocycles. The number of nitrogens with one attached hydrogen (secondary N) is 1. The van der Waals surface area contributed by atoms with Gasteiger partial charge in [-0.2, -0.15) is 5.10 Å². The summed E-state index contributed by atoms with van der Waals surface area (Å²) in [5.74, 6) is -0.212. The Kier molecular flexibility index (Phi) is 2.45. The van der Waals surface area contributed by atoms with E-state index in [4.69, 9.17) is 0 Å². The van der Waals surface area contributed by atoms with Crippen molar-refractivity contribution in [2.24, 2.45) is 5.10 Å². The van der Waals surface area contributed by atoms with Crippen molar-refractivity contribution >= 4 is 43.5 Å². The van der Waals surface area contributed by atoms with Crippen LogP contribution in [-0.2, 0) is 4.79 Å². The number of benzene rings is 1. The van der Waals surface area contributed by atoms with Gasteiger partial charge < -0.3 is 0 Å². The maximum Gasteiger partial charge on any atom is 0.274 e. The fraction of sp³-hybridized carbons (Fsp3) is 0.111. The van der Waals surface area contributed by atoms with E-state index >= 15 is 0 Å². The van der Waals surface area contributed by atoms with Crippen LogP contribution < -0.4 is 5.43 Å². The first-order valence-electron chi connectivity index (χ1n) is 3.94. The van der Waals surface area contributed by atoms with Gasteiger partial charge in [-0.3, -0.25) is 4.79 Å². The molecule has 3 nitrogen and oxygen atoms in total. The summed E-state index contributed by atoms with van der Waals surface area (Å²) in [5, 5.41) is 3.96. The van der Waals surface area contributed by atoms with E-state index in [2.05, 4.69) is 42.4 Å². The molecule has 1 aromatic rings. The third kappa shape index (κ3) is 1.50. The van der Waals surface area contributed by atoms with Gasteiger partial charge >= 0.3 is 0 Å². The lowest BCUT2D eigenvalue weighted by Gasteiger charge is -2.12. The normalized spacial score (nSPS) is 19.0. The quantitative estimate of drug-likeness (QED) is 0.791. The SMILES string of the molecule is O=C1NN=C(c2ccccc2)C1(Br)Br. The van der Waals surface area contributed by atoms with E-state index in [9.17, 15) is 4.79 Å². The van der Waals surface area contributed by atoms with Crippen molar-refractivity contribution in [2.75, 3.05) is 0 Å². The Bertz CT molecular complexity index is 401. The minimum Gasteiger partial charge on any atom is -0.270 e.